The summed E-state index contributed by atoms with van der Waals surface area (Å²) in [6.45, 7) is 12.3. The van der Waals surface area contributed by atoms with E-state index in [-0.39, 0.29) is 24.0 Å². The number of nitrogens with zero attached hydrogens (tertiary/aromatic N) is 2. The van der Waals surface area contributed by atoms with Gasteiger partial charge in [-0.15, -0.1) is 0 Å². The Kier molecular flexibility index (Phi) is 9.58. The lowest BCUT2D eigenvalue weighted by Crippen LogP contribution is -2.45. The molecule has 8 heteroatoms. The monoisotopic (exact) mass is 438 g/mol. The highest BCUT2D eigenvalue weighted by Gasteiger charge is 2.22. The zero-order valence-corrected chi connectivity index (χ0v) is 19.8. The van der Waals surface area contributed by atoms with Crippen molar-refractivity contribution in [2.24, 2.45) is 4.99 Å². The molecule has 2 rings (SSSR count). The van der Waals surface area contributed by atoms with Gasteiger partial charge in [0, 0.05) is 38.5 Å². The molecule has 1 fully saturated rings. The molecule has 0 aromatic heterocycles. The van der Waals surface area contributed by atoms with E-state index in [1.54, 1.807) is 0 Å². The first kappa shape index (κ1) is 24.6. The maximum absolute atomic E-state index is 11.4. The summed E-state index contributed by atoms with van der Waals surface area (Å²) in [7, 11) is -2.96. The molecule has 0 saturated carbocycles. The summed E-state index contributed by atoms with van der Waals surface area (Å²) in [5.74, 6) is 0.877. The molecule has 1 aromatic rings. The number of hydrogen-bond donors (Lipinski definition) is 2. The van der Waals surface area contributed by atoms with Gasteiger partial charge in [0.25, 0.3) is 0 Å². The van der Waals surface area contributed by atoms with Gasteiger partial charge < -0.3 is 15.4 Å². The molecule has 1 aliphatic heterocycles. The molecule has 170 valence electrons. The zero-order chi connectivity index (χ0) is 22.1. The molecule has 1 aromatic carbocycles. The molecule has 1 aliphatic rings. The van der Waals surface area contributed by atoms with Crippen molar-refractivity contribution in [2.75, 3.05) is 31.6 Å². The van der Waals surface area contributed by atoms with Crippen LogP contribution in [0.2, 0.25) is 0 Å². The van der Waals surface area contributed by atoms with Crippen molar-refractivity contribution < 1.29 is 13.2 Å². The van der Waals surface area contributed by atoms with Crippen LogP contribution in [0.1, 0.15) is 45.2 Å². The van der Waals surface area contributed by atoms with Gasteiger partial charge in [-0.05, 0) is 45.2 Å². The van der Waals surface area contributed by atoms with Gasteiger partial charge in [0.15, 0.2) is 5.96 Å². The van der Waals surface area contributed by atoms with Crippen LogP contribution in [-0.4, -0.2) is 69.2 Å². The van der Waals surface area contributed by atoms with Crippen molar-refractivity contribution in [3.05, 3.63) is 35.4 Å². The van der Waals surface area contributed by atoms with Crippen molar-refractivity contribution in [1.82, 2.24) is 15.5 Å². The van der Waals surface area contributed by atoms with Crippen LogP contribution in [-0.2, 0) is 27.7 Å². The standard InChI is InChI=1S/C22H38N4O3S/c1-6-23-22(25-17(2)11-12-30(5,27)28)24-13-20-9-7-8-10-21(20)16-26-14-18(3)29-19(4)15-26/h7-10,17-19H,6,11-16H2,1-5H3,(H2,23,24,25). The van der Waals surface area contributed by atoms with Gasteiger partial charge in [-0.25, -0.2) is 13.4 Å². The molecule has 2 N–H and O–H groups in total. The fraction of sp³-hybridized carbons (Fsp3) is 0.682. The van der Waals surface area contributed by atoms with E-state index >= 15 is 0 Å². The van der Waals surface area contributed by atoms with Gasteiger partial charge in [-0.3, -0.25) is 4.90 Å². The molecule has 1 saturated heterocycles. The molecule has 0 aliphatic carbocycles. The summed E-state index contributed by atoms with van der Waals surface area (Å²) in [5.41, 5.74) is 2.48. The van der Waals surface area contributed by atoms with Crippen molar-refractivity contribution >= 4 is 15.8 Å². The van der Waals surface area contributed by atoms with E-state index in [1.165, 1.54) is 17.4 Å². The molecule has 0 spiro atoms. The first-order valence-electron chi connectivity index (χ1n) is 10.8. The molecule has 7 nitrogen and oxygen atoms in total. The number of morpholine rings is 1. The first-order chi connectivity index (χ1) is 14.2. The molecule has 1 heterocycles. The quantitative estimate of drug-likeness (QED) is 0.454. The van der Waals surface area contributed by atoms with E-state index in [1.807, 2.05) is 19.9 Å². The van der Waals surface area contributed by atoms with Crippen LogP contribution in [0, 0.1) is 0 Å². The zero-order valence-electron chi connectivity index (χ0n) is 19.0. The van der Waals surface area contributed by atoms with E-state index < -0.39 is 9.84 Å². The topological polar surface area (TPSA) is 83.0 Å². The average molecular weight is 439 g/mol. The van der Waals surface area contributed by atoms with Crippen LogP contribution in [0.5, 0.6) is 0 Å². The minimum atomic E-state index is -2.96. The summed E-state index contributed by atoms with van der Waals surface area (Å²) in [6, 6.07) is 8.44. The van der Waals surface area contributed by atoms with Gasteiger partial charge in [-0.1, -0.05) is 24.3 Å². The van der Waals surface area contributed by atoms with Gasteiger partial charge >= 0.3 is 0 Å². The minimum Gasteiger partial charge on any atom is -0.373 e. The number of benzene rings is 1. The summed E-state index contributed by atoms with van der Waals surface area (Å²) in [6.07, 6.45) is 2.31. The third-order valence-electron chi connectivity index (χ3n) is 5.06. The molecule has 0 amide bonds. The molecule has 3 atom stereocenters. The normalized spacial score (nSPS) is 22.0. The van der Waals surface area contributed by atoms with Crippen LogP contribution in [0.4, 0.5) is 0 Å². The number of rotatable bonds is 9. The van der Waals surface area contributed by atoms with Gasteiger partial charge in [0.2, 0.25) is 0 Å². The highest BCUT2D eigenvalue weighted by Crippen LogP contribution is 2.17. The van der Waals surface area contributed by atoms with Gasteiger partial charge in [0.05, 0.1) is 24.5 Å². The van der Waals surface area contributed by atoms with Crippen molar-refractivity contribution in [3.63, 3.8) is 0 Å². The Hall–Kier alpha value is -1.64. The fourth-order valence-electron chi connectivity index (χ4n) is 3.70. The smallest absolute Gasteiger partial charge is 0.191 e. The predicted molar refractivity (Wildman–Crippen MR) is 123 cm³/mol. The third kappa shape index (κ3) is 9.02. The SMILES string of the molecule is CCNC(=NCc1ccccc1CN1CC(C)OC(C)C1)NC(C)CCS(C)(=O)=O. The second-order valence-corrected chi connectivity index (χ2v) is 10.6. The second kappa shape index (κ2) is 11.7. The average Bonchev–Trinajstić information content (AvgIpc) is 2.64. The van der Waals surface area contributed by atoms with Crippen LogP contribution >= 0.6 is 0 Å². The summed E-state index contributed by atoms with van der Waals surface area (Å²) >= 11 is 0. The largest absolute Gasteiger partial charge is 0.373 e. The Labute approximate surface area is 182 Å². The van der Waals surface area contributed by atoms with Crippen LogP contribution in [0.15, 0.2) is 29.3 Å². The summed E-state index contributed by atoms with van der Waals surface area (Å²) in [5, 5.41) is 6.58. The third-order valence-corrected chi connectivity index (χ3v) is 6.04. The van der Waals surface area contributed by atoms with Crippen molar-refractivity contribution in [3.8, 4) is 0 Å². The summed E-state index contributed by atoms with van der Waals surface area (Å²) < 4.78 is 28.7. The molecular formula is C22H38N4O3S. The van der Waals surface area contributed by atoms with Crippen molar-refractivity contribution in [1.29, 1.82) is 0 Å². The van der Waals surface area contributed by atoms with E-state index in [2.05, 4.69) is 47.6 Å². The van der Waals surface area contributed by atoms with Crippen LogP contribution in [0.3, 0.4) is 0 Å². The van der Waals surface area contributed by atoms with E-state index in [0.29, 0.717) is 18.9 Å². The Balaban J connectivity index is 2.03. The number of hydrogen-bond acceptors (Lipinski definition) is 5. The van der Waals surface area contributed by atoms with Gasteiger partial charge in [-0.2, -0.15) is 0 Å². The molecule has 3 unspecified atom stereocenters. The fourth-order valence-corrected chi connectivity index (χ4v) is 4.48. The predicted octanol–water partition coefficient (Wildman–Crippen LogP) is 2.17. The second-order valence-electron chi connectivity index (χ2n) is 8.38. The minimum absolute atomic E-state index is 0.0177. The van der Waals surface area contributed by atoms with E-state index in [9.17, 15) is 8.42 Å². The highest BCUT2D eigenvalue weighted by atomic mass is 32.2. The van der Waals surface area contributed by atoms with E-state index in [0.717, 1.165) is 26.2 Å². The molecule has 0 radical (unpaired) electrons. The first-order valence-corrected chi connectivity index (χ1v) is 12.9. The lowest BCUT2D eigenvalue weighted by atomic mass is 10.1. The molecule has 0 bridgehead atoms. The van der Waals surface area contributed by atoms with Crippen molar-refractivity contribution in [2.45, 2.75) is 65.5 Å². The lowest BCUT2D eigenvalue weighted by molar-refractivity contribution is -0.0705. The number of guanidine groups is 1. The highest BCUT2D eigenvalue weighted by molar-refractivity contribution is 7.90. The number of ether oxygens (including phenoxy) is 1. The maximum Gasteiger partial charge on any atom is 0.191 e. The Morgan fingerprint density at radius 3 is 2.47 bits per heavy atom. The van der Waals surface area contributed by atoms with Crippen LogP contribution in [0.25, 0.3) is 0 Å². The number of aliphatic imine (C=N–C) groups is 1. The van der Waals surface area contributed by atoms with E-state index in [4.69, 9.17) is 9.73 Å². The maximum atomic E-state index is 11.4. The lowest BCUT2D eigenvalue weighted by Gasteiger charge is -2.35. The number of nitrogens with one attached hydrogen (secondary N) is 2. The molecule has 30 heavy (non-hydrogen) atoms. The Morgan fingerprint density at radius 2 is 1.87 bits per heavy atom. The number of sulfone groups is 1. The van der Waals surface area contributed by atoms with Crippen LogP contribution < -0.4 is 10.6 Å². The Morgan fingerprint density at radius 1 is 1.23 bits per heavy atom. The van der Waals surface area contributed by atoms with Gasteiger partial charge in [0.1, 0.15) is 9.84 Å². The molecular weight excluding hydrogens is 400 g/mol. The Bertz CT molecular complexity index is 787. The summed E-state index contributed by atoms with van der Waals surface area (Å²) in [4.78, 5) is 7.20.